The maximum absolute atomic E-state index is 13.7. The highest BCUT2D eigenvalue weighted by Gasteiger charge is 2.23. The third-order valence-corrected chi connectivity index (χ3v) is 10.3. The molecule has 8 rings (SSSR count). The fourth-order valence-corrected chi connectivity index (χ4v) is 6.84. The Hall–Kier alpha value is -8.51. The number of nitrogens with two attached hydrogens (primary N) is 2. The topological polar surface area (TPSA) is 225 Å². The van der Waals surface area contributed by atoms with Crippen molar-refractivity contribution in [1.29, 1.82) is 0 Å². The second-order valence-electron chi connectivity index (χ2n) is 14.0. The number of nitrogens with one attached hydrogen (secondary N) is 1. The largest absolute Gasteiger partial charge is 0.496 e. The molecule has 0 unspecified atom stereocenters. The van der Waals surface area contributed by atoms with Gasteiger partial charge in [0.15, 0.2) is 22.9 Å². The molecule has 8 aromatic rings. The van der Waals surface area contributed by atoms with E-state index in [9.17, 15) is 19.2 Å². The Morgan fingerprint density at radius 1 is 0.677 bits per heavy atom. The number of carbonyl (C=O) groups is 2. The molecule has 0 aliphatic rings. The molecule has 0 bridgehead atoms. The van der Waals surface area contributed by atoms with E-state index in [1.54, 1.807) is 57.7 Å². The number of fused-ring (bicyclic) bond motifs is 2. The van der Waals surface area contributed by atoms with Gasteiger partial charge in [0.2, 0.25) is 11.1 Å². The van der Waals surface area contributed by atoms with E-state index in [-0.39, 0.29) is 28.9 Å². The SMILES string of the molecule is C=CC(=O)Cl.C=CC(=O)N(C)c1cccc(-n2c(=O)n(-c3ccc(C)c(OC)c3)c3c(N)ncnc32)c1.CNc1cccc(-n2c(=O)n(-c3ccc(C)c(OC)c3)c3c(N)ncnc32)c1. The predicted octanol–water partition coefficient (Wildman–Crippen LogP) is 6.07. The molecule has 5 N–H and O–H groups in total. The van der Waals surface area contributed by atoms with Crippen molar-refractivity contribution >= 4 is 68.1 Å². The molecule has 0 saturated heterocycles. The van der Waals surface area contributed by atoms with Gasteiger partial charge in [0.25, 0.3) is 0 Å². The molecular weight excluding hydrogens is 852 g/mol. The lowest BCUT2D eigenvalue weighted by Gasteiger charge is -2.16. The minimum absolute atomic E-state index is 0.167. The standard InChI is InChI=1S/C23H22N6O3.C20H20N6O2.C3H3ClO/c1-5-19(30)27(3)15-7-6-8-16(11-15)29-22-20(21(24)25-13-26-22)28(23(29)31)17-10-9-14(2)18(12-17)32-4;1-12-7-8-15(10-16(12)28-3)25-17-18(21)23-11-24-19(17)26(20(25)27)14-6-4-5-13(9-14)22-2;1-2-3(4)5/h5-13H,1H2,2-4H3,(H2,24,25,26);4-11,22H,1-3H3,(H2,21,23,24);2H,1H2. The molecule has 4 heterocycles. The van der Waals surface area contributed by atoms with Gasteiger partial charge >= 0.3 is 11.4 Å². The number of amides is 1. The summed E-state index contributed by atoms with van der Waals surface area (Å²) in [4.78, 5) is 66.9. The number of anilines is 4. The van der Waals surface area contributed by atoms with Crippen molar-refractivity contribution < 1.29 is 19.1 Å². The number of methoxy groups -OCH3 is 2. The first-order valence-electron chi connectivity index (χ1n) is 19.6. The van der Waals surface area contributed by atoms with E-state index in [0.717, 1.165) is 22.9 Å². The lowest BCUT2D eigenvalue weighted by molar-refractivity contribution is -0.114. The Bertz CT molecular complexity index is 3240. The molecule has 0 spiro atoms. The first-order valence-corrected chi connectivity index (χ1v) is 20.0. The number of nitrogen functional groups attached to an aromatic ring is 2. The van der Waals surface area contributed by atoms with Gasteiger partial charge < -0.3 is 31.2 Å². The van der Waals surface area contributed by atoms with Crippen molar-refractivity contribution in [2.75, 3.05) is 50.0 Å². The number of halogens is 1. The highest BCUT2D eigenvalue weighted by atomic mass is 35.5. The van der Waals surface area contributed by atoms with Crippen LogP contribution in [0.4, 0.5) is 23.0 Å². The van der Waals surface area contributed by atoms with Gasteiger partial charge in [0.1, 0.15) is 35.2 Å². The zero-order valence-corrected chi connectivity index (χ0v) is 37.1. The molecule has 0 aliphatic heterocycles. The lowest BCUT2D eigenvalue weighted by atomic mass is 10.2. The van der Waals surface area contributed by atoms with Crippen LogP contribution < -0.4 is 42.5 Å². The normalized spacial score (nSPS) is 10.6. The van der Waals surface area contributed by atoms with E-state index in [2.05, 4.69) is 38.4 Å². The van der Waals surface area contributed by atoms with Gasteiger partial charge in [0, 0.05) is 37.6 Å². The van der Waals surface area contributed by atoms with E-state index < -0.39 is 5.24 Å². The minimum Gasteiger partial charge on any atom is -0.496 e. The van der Waals surface area contributed by atoms with Crippen LogP contribution in [0.15, 0.2) is 132 Å². The maximum atomic E-state index is 13.7. The number of carbonyl (C=O) groups excluding carboxylic acids is 2. The summed E-state index contributed by atoms with van der Waals surface area (Å²) in [6.45, 7) is 10.5. The number of aryl methyl sites for hydroxylation is 2. The quantitative estimate of drug-likeness (QED) is 0.105. The zero-order chi connectivity index (χ0) is 47.1. The molecule has 0 radical (unpaired) electrons. The Morgan fingerprint density at radius 3 is 1.55 bits per heavy atom. The monoisotopic (exact) mass is 896 g/mol. The first-order chi connectivity index (χ1) is 31.2. The Labute approximate surface area is 377 Å². The van der Waals surface area contributed by atoms with Crippen LogP contribution in [0.25, 0.3) is 45.1 Å². The zero-order valence-electron chi connectivity index (χ0n) is 36.3. The second kappa shape index (κ2) is 19.7. The molecule has 4 aromatic heterocycles. The third-order valence-electron chi connectivity index (χ3n) is 10.1. The fourth-order valence-electron chi connectivity index (χ4n) is 6.84. The number of aromatic nitrogens is 8. The van der Waals surface area contributed by atoms with E-state index >= 15 is 0 Å². The van der Waals surface area contributed by atoms with Crippen molar-refractivity contribution in [2.45, 2.75) is 13.8 Å². The maximum Gasteiger partial charge on any atom is 0.339 e. The van der Waals surface area contributed by atoms with Gasteiger partial charge in [-0.2, -0.15) is 0 Å². The summed E-state index contributed by atoms with van der Waals surface area (Å²) in [5, 5.41) is 2.57. The Balaban J connectivity index is 0.000000197. The smallest absolute Gasteiger partial charge is 0.339 e. The van der Waals surface area contributed by atoms with Gasteiger partial charge in [0.05, 0.1) is 37.0 Å². The van der Waals surface area contributed by atoms with Crippen LogP contribution in [-0.4, -0.2) is 77.7 Å². The number of likely N-dealkylation sites (N-methyl/N-ethyl adjacent to an activating group) is 1. The first kappa shape index (κ1) is 46.0. The van der Waals surface area contributed by atoms with Gasteiger partial charge in [-0.05, 0) is 97.3 Å². The molecule has 0 aliphatic carbocycles. The third kappa shape index (κ3) is 9.18. The number of hydrogen-bond donors (Lipinski definition) is 3. The van der Waals surface area contributed by atoms with Crippen LogP contribution in [0.5, 0.6) is 11.5 Å². The van der Waals surface area contributed by atoms with E-state index in [0.29, 0.717) is 62.3 Å². The Morgan fingerprint density at radius 2 is 1.12 bits per heavy atom. The van der Waals surface area contributed by atoms with E-state index in [4.69, 9.17) is 32.5 Å². The number of ether oxygens (including phenoxy) is 2. The summed E-state index contributed by atoms with van der Waals surface area (Å²) in [6, 6.07) is 25.5. The van der Waals surface area contributed by atoms with Crippen LogP contribution in [0.3, 0.4) is 0 Å². The highest BCUT2D eigenvalue weighted by molar-refractivity contribution is 6.66. The molecule has 4 aromatic carbocycles. The molecule has 19 heteroatoms. The second-order valence-corrected chi connectivity index (χ2v) is 14.4. The highest BCUT2D eigenvalue weighted by Crippen LogP contribution is 2.29. The molecule has 65 heavy (non-hydrogen) atoms. The van der Waals surface area contributed by atoms with Crippen LogP contribution in [0.1, 0.15) is 11.1 Å². The summed E-state index contributed by atoms with van der Waals surface area (Å²) in [7, 11) is 6.62. The molecule has 0 atom stereocenters. The van der Waals surface area contributed by atoms with Gasteiger partial charge in [-0.15, -0.1) is 0 Å². The molecule has 18 nitrogen and oxygen atoms in total. The number of allylic oxidation sites excluding steroid dienone is 1. The van der Waals surface area contributed by atoms with E-state index in [1.807, 2.05) is 69.4 Å². The number of hydrogen-bond acceptors (Lipinski definition) is 13. The minimum atomic E-state index is -0.509. The molecular formula is C46H45ClN12O6. The summed E-state index contributed by atoms with van der Waals surface area (Å²) in [6.07, 6.45) is 4.94. The van der Waals surface area contributed by atoms with Crippen LogP contribution in [-0.2, 0) is 9.59 Å². The molecule has 1 amide bonds. The predicted molar refractivity (Wildman–Crippen MR) is 255 cm³/mol. The summed E-state index contributed by atoms with van der Waals surface area (Å²) in [5.41, 5.74) is 19.0. The summed E-state index contributed by atoms with van der Waals surface area (Å²) < 4.78 is 16.8. The van der Waals surface area contributed by atoms with Crippen molar-refractivity contribution in [3.63, 3.8) is 0 Å². The fraction of sp³-hybridized carbons (Fsp3) is 0.130. The molecule has 0 saturated carbocycles. The number of rotatable bonds is 10. The summed E-state index contributed by atoms with van der Waals surface area (Å²) >= 11 is 4.71. The van der Waals surface area contributed by atoms with Crippen LogP contribution >= 0.6 is 11.6 Å². The van der Waals surface area contributed by atoms with Crippen molar-refractivity contribution in [3.8, 4) is 34.2 Å². The summed E-state index contributed by atoms with van der Waals surface area (Å²) in [5.74, 6) is 1.44. The van der Waals surface area contributed by atoms with Crippen molar-refractivity contribution in [3.05, 3.63) is 155 Å². The molecule has 332 valence electrons. The van der Waals surface area contributed by atoms with E-state index in [1.165, 1.54) is 41.9 Å². The number of imidazole rings is 2. The number of benzene rings is 4. The van der Waals surface area contributed by atoms with Gasteiger partial charge in [-0.3, -0.25) is 18.7 Å². The molecule has 0 fully saturated rings. The van der Waals surface area contributed by atoms with Gasteiger partial charge in [-0.25, -0.2) is 38.7 Å². The van der Waals surface area contributed by atoms with Crippen molar-refractivity contribution in [1.82, 2.24) is 38.2 Å². The van der Waals surface area contributed by atoms with Gasteiger partial charge in [-0.1, -0.05) is 37.4 Å². The number of nitrogens with zero attached hydrogens (tertiary/aromatic N) is 9. The van der Waals surface area contributed by atoms with Crippen molar-refractivity contribution in [2.24, 2.45) is 0 Å². The average Bonchev–Trinajstić information content (AvgIpc) is 3.80. The average molecular weight is 897 g/mol. The van der Waals surface area contributed by atoms with Crippen LogP contribution in [0, 0.1) is 13.8 Å². The Kier molecular flexibility index (Phi) is 13.9. The lowest BCUT2D eigenvalue weighted by Crippen LogP contribution is -2.25. The van der Waals surface area contributed by atoms with Crippen LogP contribution in [0.2, 0.25) is 0 Å².